The quantitative estimate of drug-likeness (QED) is 0.195. The molecule has 5 atom stereocenters. The highest BCUT2D eigenvalue weighted by atomic mass is 32.2. The summed E-state index contributed by atoms with van der Waals surface area (Å²) < 4.78 is 39.3. The molecule has 0 aliphatic carbocycles. The number of carbonyl (C=O) groups is 1. The van der Waals surface area contributed by atoms with Crippen molar-refractivity contribution in [3.63, 3.8) is 0 Å². The zero-order chi connectivity index (χ0) is 33.0. The number of fused-ring (bicyclic) bond motifs is 1. The van der Waals surface area contributed by atoms with Crippen LogP contribution in [-0.2, 0) is 14.6 Å². The van der Waals surface area contributed by atoms with E-state index in [-0.39, 0.29) is 15.4 Å². The molecule has 0 radical (unpaired) electrons. The molecule has 0 bridgehead atoms. The first-order valence-electron chi connectivity index (χ1n) is 15.5. The molecule has 46 heavy (non-hydrogen) atoms. The molecule has 0 saturated carbocycles. The van der Waals surface area contributed by atoms with Gasteiger partial charge in [0, 0.05) is 36.8 Å². The van der Waals surface area contributed by atoms with Crippen LogP contribution < -0.4 is 15.0 Å². The maximum atomic E-state index is 14.2. The Kier molecular flexibility index (Phi) is 10.8. The number of amides is 1. The number of carbonyl (C=O) groups excluding carboxylic acids is 1. The first kappa shape index (κ1) is 34.0. The highest BCUT2D eigenvalue weighted by Crippen LogP contribution is 2.37. The van der Waals surface area contributed by atoms with Crippen molar-refractivity contribution in [1.29, 1.82) is 0 Å². The van der Waals surface area contributed by atoms with Crippen molar-refractivity contribution in [3.05, 3.63) is 54.2 Å². The monoisotopic (exact) mass is 658 g/mol. The predicted octanol–water partition coefficient (Wildman–Crippen LogP) is 0.918. The molecule has 2 aromatic carbocycles. The number of aliphatic hydroxyl groups excluding tert-OH is 4. The molecule has 14 heteroatoms. The van der Waals surface area contributed by atoms with E-state index in [0.717, 1.165) is 25.8 Å². The number of hydrogen-bond donors (Lipinski definition) is 5. The number of unbranched alkanes of at least 4 members (excludes halogenated alkanes) is 1. The van der Waals surface area contributed by atoms with Crippen LogP contribution in [0.1, 0.15) is 36.5 Å². The Labute approximate surface area is 268 Å². The van der Waals surface area contributed by atoms with Crippen molar-refractivity contribution in [3.8, 4) is 5.75 Å². The summed E-state index contributed by atoms with van der Waals surface area (Å²) in [7, 11) is -2.06. The average molecular weight is 659 g/mol. The lowest BCUT2D eigenvalue weighted by Gasteiger charge is -2.40. The van der Waals surface area contributed by atoms with Crippen molar-refractivity contribution in [2.45, 2.75) is 66.6 Å². The van der Waals surface area contributed by atoms with Crippen LogP contribution in [0.15, 0.2) is 58.5 Å². The van der Waals surface area contributed by atoms with Gasteiger partial charge in [-0.2, -0.15) is 0 Å². The SMILES string of the molecule is CCCCOc1ccc(S(=O)(=O)c2cnc3ccc(C(=O)NC4C(O)O[C@H](CO)[C@@H](O)[C@@H]4O)cc3c2N2CCCN(C)CC2)cc1. The molecule has 13 nitrogen and oxygen atoms in total. The molecule has 2 fully saturated rings. The third-order valence-electron chi connectivity index (χ3n) is 8.49. The minimum absolute atomic E-state index is 0.00598. The smallest absolute Gasteiger partial charge is 0.251 e. The molecule has 2 unspecified atom stereocenters. The number of ether oxygens (including phenoxy) is 2. The van der Waals surface area contributed by atoms with Gasteiger partial charge in [-0.15, -0.1) is 0 Å². The first-order valence-corrected chi connectivity index (χ1v) is 17.0. The summed E-state index contributed by atoms with van der Waals surface area (Å²) in [6, 6.07) is 9.58. The molecule has 3 heterocycles. The molecule has 2 saturated heterocycles. The molecule has 2 aliphatic heterocycles. The summed E-state index contributed by atoms with van der Waals surface area (Å²) in [6.45, 7) is 4.62. The maximum Gasteiger partial charge on any atom is 0.251 e. The van der Waals surface area contributed by atoms with Gasteiger partial charge in [0.25, 0.3) is 5.91 Å². The molecular formula is C32H42N4O9S. The number of nitrogens with one attached hydrogen (secondary N) is 1. The Bertz CT molecular complexity index is 1620. The zero-order valence-electron chi connectivity index (χ0n) is 25.9. The molecule has 5 rings (SSSR count). The fourth-order valence-electron chi connectivity index (χ4n) is 5.76. The third-order valence-corrected chi connectivity index (χ3v) is 10.3. The van der Waals surface area contributed by atoms with E-state index in [4.69, 9.17) is 9.47 Å². The third kappa shape index (κ3) is 7.13. The number of nitrogens with zero attached hydrogens (tertiary/aromatic N) is 3. The summed E-state index contributed by atoms with van der Waals surface area (Å²) in [4.78, 5) is 22.2. The Morgan fingerprint density at radius 1 is 1.07 bits per heavy atom. The van der Waals surface area contributed by atoms with Gasteiger partial charge in [0.05, 0.1) is 29.3 Å². The van der Waals surface area contributed by atoms with E-state index >= 15 is 0 Å². The van der Waals surface area contributed by atoms with Crippen molar-refractivity contribution in [2.75, 3.05) is 51.3 Å². The van der Waals surface area contributed by atoms with E-state index in [1.54, 1.807) is 24.3 Å². The van der Waals surface area contributed by atoms with Crippen LogP contribution in [0.3, 0.4) is 0 Å². The summed E-state index contributed by atoms with van der Waals surface area (Å²) in [5.74, 6) is -0.120. The number of sulfone groups is 1. The first-order chi connectivity index (χ1) is 22.0. The van der Waals surface area contributed by atoms with Crippen LogP contribution in [-0.4, -0.2) is 122 Å². The number of benzene rings is 2. The van der Waals surface area contributed by atoms with Crippen molar-refractivity contribution >= 4 is 32.3 Å². The fraction of sp³-hybridized carbons (Fsp3) is 0.500. The average Bonchev–Trinajstić information content (AvgIpc) is 3.28. The molecule has 2 aliphatic rings. The highest BCUT2D eigenvalue weighted by molar-refractivity contribution is 7.91. The number of aromatic nitrogens is 1. The van der Waals surface area contributed by atoms with Crippen LogP contribution in [0, 0.1) is 0 Å². The van der Waals surface area contributed by atoms with Crippen molar-refractivity contribution in [2.24, 2.45) is 0 Å². The van der Waals surface area contributed by atoms with Gasteiger partial charge < -0.3 is 45.0 Å². The van der Waals surface area contributed by atoms with Gasteiger partial charge in [-0.1, -0.05) is 13.3 Å². The van der Waals surface area contributed by atoms with Crippen LogP contribution in [0.2, 0.25) is 0 Å². The van der Waals surface area contributed by atoms with E-state index in [0.29, 0.717) is 48.6 Å². The summed E-state index contributed by atoms with van der Waals surface area (Å²) >= 11 is 0. The molecule has 5 N–H and O–H groups in total. The van der Waals surface area contributed by atoms with Crippen LogP contribution >= 0.6 is 0 Å². The van der Waals surface area contributed by atoms with Crippen LogP contribution in [0.25, 0.3) is 10.9 Å². The Hall–Kier alpha value is -3.37. The van der Waals surface area contributed by atoms with Gasteiger partial charge in [0.15, 0.2) is 6.29 Å². The highest BCUT2D eigenvalue weighted by Gasteiger charge is 2.44. The largest absolute Gasteiger partial charge is 0.494 e. The topological polar surface area (TPSA) is 182 Å². The van der Waals surface area contributed by atoms with Gasteiger partial charge in [-0.25, -0.2) is 8.42 Å². The van der Waals surface area contributed by atoms with Gasteiger partial charge in [0.2, 0.25) is 9.84 Å². The Balaban J connectivity index is 1.54. The fourth-order valence-corrected chi connectivity index (χ4v) is 7.19. The predicted molar refractivity (Wildman–Crippen MR) is 170 cm³/mol. The number of likely N-dealkylation sites (N-methyl/N-ethyl adjacent to an activating group) is 1. The zero-order valence-corrected chi connectivity index (χ0v) is 26.8. The van der Waals surface area contributed by atoms with Gasteiger partial charge in [-0.3, -0.25) is 9.78 Å². The number of aliphatic hydroxyl groups is 4. The van der Waals surface area contributed by atoms with E-state index in [9.17, 15) is 33.6 Å². The molecule has 250 valence electrons. The number of rotatable bonds is 10. The van der Waals surface area contributed by atoms with Gasteiger partial charge >= 0.3 is 0 Å². The normalized spacial score (nSPS) is 24.5. The van der Waals surface area contributed by atoms with E-state index in [1.807, 2.05) is 11.9 Å². The van der Waals surface area contributed by atoms with Gasteiger partial charge in [-0.05, 0) is 68.9 Å². The Morgan fingerprint density at radius 2 is 1.83 bits per heavy atom. The van der Waals surface area contributed by atoms with Crippen molar-refractivity contribution < 1.29 is 43.1 Å². The van der Waals surface area contributed by atoms with E-state index < -0.39 is 53.0 Å². The summed E-state index contributed by atoms with van der Waals surface area (Å²) in [6.07, 6.45) is -2.05. The standard InChI is InChI=1S/C32H42N4O9S/c1-3-4-16-44-21-7-9-22(10-8-21)46(42,43)26-18-33-24-11-6-20(17-23(24)28(26)36-13-5-12-35(2)14-15-36)31(40)34-27-30(39)29(38)25(19-37)45-32(27)41/h6-11,17-18,25,27,29-30,32,37-39,41H,3-5,12-16,19H2,1-2H3,(H,34,40)/t25-,27?,29-,30-,32?/m1/s1. The lowest BCUT2D eigenvalue weighted by molar-refractivity contribution is -0.252. The van der Waals surface area contributed by atoms with Crippen molar-refractivity contribution in [1.82, 2.24) is 15.2 Å². The number of pyridine rings is 1. The molecular weight excluding hydrogens is 616 g/mol. The molecule has 3 aromatic rings. The summed E-state index contributed by atoms with van der Waals surface area (Å²) in [5, 5.41) is 43.5. The Morgan fingerprint density at radius 3 is 2.54 bits per heavy atom. The number of hydrogen-bond acceptors (Lipinski definition) is 12. The van der Waals surface area contributed by atoms with E-state index in [1.165, 1.54) is 24.4 Å². The second kappa shape index (κ2) is 14.6. The lowest BCUT2D eigenvalue weighted by Crippen LogP contribution is -2.64. The second-order valence-electron chi connectivity index (χ2n) is 11.8. The van der Waals surface area contributed by atoms with Crippen LogP contribution in [0.5, 0.6) is 5.75 Å². The number of anilines is 1. The van der Waals surface area contributed by atoms with Crippen LogP contribution in [0.4, 0.5) is 5.69 Å². The second-order valence-corrected chi connectivity index (χ2v) is 13.7. The van der Waals surface area contributed by atoms with Gasteiger partial charge in [0.1, 0.15) is 35.0 Å². The molecule has 0 spiro atoms. The minimum Gasteiger partial charge on any atom is -0.494 e. The van der Waals surface area contributed by atoms with E-state index in [2.05, 4.69) is 22.1 Å². The summed E-state index contributed by atoms with van der Waals surface area (Å²) in [5.41, 5.74) is 1.02. The molecule has 1 amide bonds. The lowest BCUT2D eigenvalue weighted by atomic mass is 9.96. The minimum atomic E-state index is -4.07. The maximum absolute atomic E-state index is 14.2. The molecule has 1 aromatic heterocycles.